The minimum Gasteiger partial charge on any atom is -0.378 e. The average molecular weight is 370 g/mol. The van der Waals surface area contributed by atoms with E-state index in [1.165, 1.54) is 12.1 Å². The maximum atomic E-state index is 13.1. The van der Waals surface area contributed by atoms with Crippen molar-refractivity contribution in [3.63, 3.8) is 0 Å². The monoisotopic (exact) mass is 370 g/mol. The minimum absolute atomic E-state index is 0.0359. The number of rotatable bonds is 7. The van der Waals surface area contributed by atoms with Crippen molar-refractivity contribution in [3.05, 3.63) is 65.5 Å². The van der Waals surface area contributed by atoms with Gasteiger partial charge in [0.05, 0.1) is 12.5 Å². The first kappa shape index (κ1) is 19.4. The third-order valence-electron chi connectivity index (χ3n) is 4.90. The van der Waals surface area contributed by atoms with E-state index in [0.717, 1.165) is 36.3 Å². The van der Waals surface area contributed by atoms with Crippen molar-refractivity contribution >= 4 is 11.6 Å². The van der Waals surface area contributed by atoms with Crippen LogP contribution in [0.1, 0.15) is 24.0 Å². The van der Waals surface area contributed by atoms with Crippen LogP contribution in [0.4, 0.5) is 10.1 Å². The lowest BCUT2D eigenvalue weighted by molar-refractivity contribution is -0.132. The molecule has 0 aromatic heterocycles. The fourth-order valence-electron chi connectivity index (χ4n) is 3.30. The van der Waals surface area contributed by atoms with Crippen molar-refractivity contribution in [2.45, 2.75) is 31.9 Å². The molecule has 3 rings (SSSR count). The Morgan fingerprint density at radius 1 is 1.07 bits per heavy atom. The molecule has 144 valence electrons. The van der Waals surface area contributed by atoms with Crippen molar-refractivity contribution in [1.82, 2.24) is 4.90 Å². The molecule has 0 N–H and O–H groups in total. The maximum Gasteiger partial charge on any atom is 0.227 e. The molecular formula is C22H27FN2O2. The number of anilines is 1. The molecule has 1 aliphatic heterocycles. The molecule has 5 heteroatoms. The Balaban J connectivity index is 1.70. The molecular weight excluding hydrogens is 343 g/mol. The molecule has 1 fully saturated rings. The molecule has 0 spiro atoms. The largest absolute Gasteiger partial charge is 0.378 e. The number of nitrogens with zero attached hydrogens (tertiary/aromatic N) is 2. The predicted molar refractivity (Wildman–Crippen MR) is 105 cm³/mol. The molecule has 0 saturated carbocycles. The number of hydrogen-bond acceptors (Lipinski definition) is 3. The summed E-state index contributed by atoms with van der Waals surface area (Å²) in [4.78, 5) is 16.8. The van der Waals surface area contributed by atoms with Gasteiger partial charge >= 0.3 is 0 Å². The van der Waals surface area contributed by atoms with Gasteiger partial charge < -0.3 is 14.5 Å². The van der Waals surface area contributed by atoms with Gasteiger partial charge in [-0.1, -0.05) is 24.3 Å². The normalized spacial score (nSPS) is 16.3. The van der Waals surface area contributed by atoms with Gasteiger partial charge in [-0.25, -0.2) is 4.39 Å². The second-order valence-corrected chi connectivity index (χ2v) is 7.27. The summed E-state index contributed by atoms with van der Waals surface area (Å²) in [5.41, 5.74) is 3.04. The molecule has 2 aromatic carbocycles. The Morgan fingerprint density at radius 3 is 2.33 bits per heavy atom. The van der Waals surface area contributed by atoms with Crippen LogP contribution in [0, 0.1) is 5.82 Å². The van der Waals surface area contributed by atoms with Crippen molar-refractivity contribution in [3.8, 4) is 0 Å². The third-order valence-corrected chi connectivity index (χ3v) is 4.90. The standard InChI is InChI=1S/C22H27FN2O2/c1-24(2)20-11-7-18(8-12-20)15-25(16-21-4-3-13-27-21)22(26)14-17-5-9-19(23)10-6-17/h5-12,21H,3-4,13-16H2,1-2H3. The average Bonchev–Trinajstić information content (AvgIpc) is 3.16. The molecule has 0 aliphatic carbocycles. The summed E-state index contributed by atoms with van der Waals surface area (Å²) >= 11 is 0. The molecule has 27 heavy (non-hydrogen) atoms. The Bertz CT molecular complexity index is 738. The van der Waals surface area contributed by atoms with Crippen LogP contribution in [-0.4, -0.2) is 44.2 Å². The molecule has 1 atom stereocenters. The summed E-state index contributed by atoms with van der Waals surface area (Å²) in [6.45, 7) is 1.91. The highest BCUT2D eigenvalue weighted by atomic mass is 19.1. The number of benzene rings is 2. The lowest BCUT2D eigenvalue weighted by Crippen LogP contribution is -2.37. The summed E-state index contributed by atoms with van der Waals surface area (Å²) in [5.74, 6) is -0.253. The molecule has 1 saturated heterocycles. The maximum absolute atomic E-state index is 13.1. The molecule has 1 heterocycles. The zero-order valence-corrected chi connectivity index (χ0v) is 16.0. The van der Waals surface area contributed by atoms with Crippen LogP contribution in [0.2, 0.25) is 0 Å². The van der Waals surface area contributed by atoms with Crippen LogP contribution in [0.15, 0.2) is 48.5 Å². The SMILES string of the molecule is CN(C)c1ccc(CN(CC2CCCO2)C(=O)Cc2ccc(F)cc2)cc1. The van der Waals surface area contributed by atoms with Crippen LogP contribution in [0.5, 0.6) is 0 Å². The highest BCUT2D eigenvalue weighted by Crippen LogP contribution is 2.18. The summed E-state index contributed by atoms with van der Waals surface area (Å²) in [6.07, 6.45) is 2.40. The highest BCUT2D eigenvalue weighted by Gasteiger charge is 2.23. The van der Waals surface area contributed by atoms with Crippen molar-refractivity contribution in [1.29, 1.82) is 0 Å². The second kappa shape index (κ2) is 9.00. The van der Waals surface area contributed by atoms with E-state index in [1.807, 2.05) is 23.9 Å². The molecule has 1 unspecified atom stereocenters. The van der Waals surface area contributed by atoms with Crippen molar-refractivity contribution in [2.24, 2.45) is 0 Å². The summed E-state index contributed by atoms with van der Waals surface area (Å²) in [6, 6.07) is 14.4. The van der Waals surface area contributed by atoms with Crippen LogP contribution in [0.25, 0.3) is 0 Å². The highest BCUT2D eigenvalue weighted by molar-refractivity contribution is 5.78. The summed E-state index contributed by atoms with van der Waals surface area (Å²) in [7, 11) is 4.01. The number of ether oxygens (including phenoxy) is 1. The zero-order chi connectivity index (χ0) is 19.2. The molecule has 2 aromatic rings. The van der Waals surface area contributed by atoms with Crippen molar-refractivity contribution in [2.75, 3.05) is 32.1 Å². The van der Waals surface area contributed by atoms with E-state index in [4.69, 9.17) is 4.74 Å². The van der Waals surface area contributed by atoms with Gasteiger partial charge in [0.1, 0.15) is 5.82 Å². The first-order valence-electron chi connectivity index (χ1n) is 9.41. The second-order valence-electron chi connectivity index (χ2n) is 7.27. The summed E-state index contributed by atoms with van der Waals surface area (Å²) in [5, 5.41) is 0. The fraction of sp³-hybridized carbons (Fsp3) is 0.409. The smallest absolute Gasteiger partial charge is 0.227 e. The number of carbonyl (C=O) groups excluding carboxylic acids is 1. The van der Waals surface area contributed by atoms with Crippen molar-refractivity contribution < 1.29 is 13.9 Å². The van der Waals surface area contributed by atoms with Gasteiger partial charge in [-0.2, -0.15) is 0 Å². The number of amides is 1. The van der Waals surface area contributed by atoms with Crippen LogP contribution < -0.4 is 4.90 Å². The van der Waals surface area contributed by atoms with Gasteiger partial charge in [-0.3, -0.25) is 4.79 Å². The zero-order valence-electron chi connectivity index (χ0n) is 16.0. The molecule has 0 radical (unpaired) electrons. The number of carbonyl (C=O) groups is 1. The van der Waals surface area contributed by atoms with Gasteiger partial charge in [-0.05, 0) is 48.2 Å². The molecule has 0 bridgehead atoms. The van der Waals surface area contributed by atoms with Gasteiger partial charge in [0.25, 0.3) is 0 Å². The Labute approximate surface area is 160 Å². The molecule has 1 amide bonds. The van der Waals surface area contributed by atoms with E-state index in [-0.39, 0.29) is 24.2 Å². The fourth-order valence-corrected chi connectivity index (χ4v) is 3.30. The van der Waals surface area contributed by atoms with E-state index >= 15 is 0 Å². The van der Waals surface area contributed by atoms with Gasteiger partial charge in [0.15, 0.2) is 0 Å². The lowest BCUT2D eigenvalue weighted by atomic mass is 10.1. The van der Waals surface area contributed by atoms with Gasteiger partial charge in [0, 0.05) is 39.5 Å². The van der Waals surface area contributed by atoms with Gasteiger partial charge in [-0.15, -0.1) is 0 Å². The first-order valence-corrected chi connectivity index (χ1v) is 9.41. The molecule has 1 aliphatic rings. The Kier molecular flexibility index (Phi) is 6.45. The molecule has 4 nitrogen and oxygen atoms in total. The summed E-state index contributed by atoms with van der Waals surface area (Å²) < 4.78 is 18.9. The quantitative estimate of drug-likeness (QED) is 0.746. The van der Waals surface area contributed by atoms with E-state index < -0.39 is 0 Å². The van der Waals surface area contributed by atoms with E-state index in [2.05, 4.69) is 24.3 Å². The predicted octanol–water partition coefficient (Wildman–Crippen LogP) is 3.64. The van der Waals surface area contributed by atoms with E-state index in [1.54, 1.807) is 12.1 Å². The lowest BCUT2D eigenvalue weighted by Gasteiger charge is -2.26. The number of hydrogen-bond donors (Lipinski definition) is 0. The first-order chi connectivity index (χ1) is 13.0. The van der Waals surface area contributed by atoms with Crippen LogP contribution >= 0.6 is 0 Å². The van der Waals surface area contributed by atoms with Gasteiger partial charge in [0.2, 0.25) is 5.91 Å². The Morgan fingerprint density at radius 2 is 1.74 bits per heavy atom. The topological polar surface area (TPSA) is 32.8 Å². The minimum atomic E-state index is -0.289. The third kappa shape index (κ3) is 5.54. The van der Waals surface area contributed by atoms with Crippen LogP contribution in [0.3, 0.4) is 0 Å². The van der Waals surface area contributed by atoms with E-state index in [0.29, 0.717) is 13.1 Å². The van der Waals surface area contributed by atoms with E-state index in [9.17, 15) is 9.18 Å². The Hall–Kier alpha value is -2.40. The number of halogens is 1. The van der Waals surface area contributed by atoms with Crippen LogP contribution in [-0.2, 0) is 22.5 Å².